The van der Waals surface area contributed by atoms with E-state index in [4.69, 9.17) is 0 Å². The average Bonchev–Trinajstić information content (AvgIpc) is 3.00. The minimum atomic E-state index is -3.54. The van der Waals surface area contributed by atoms with E-state index in [1.54, 1.807) is 24.5 Å². The highest BCUT2D eigenvalue weighted by Gasteiger charge is 2.14. The summed E-state index contributed by atoms with van der Waals surface area (Å²) in [6, 6.07) is 6.90. The summed E-state index contributed by atoms with van der Waals surface area (Å²) < 4.78 is 29.3. The number of sulfonamides is 1. The van der Waals surface area contributed by atoms with Crippen molar-refractivity contribution in [1.29, 1.82) is 0 Å². The molecule has 0 aliphatic carbocycles. The molecule has 3 aromatic rings. The largest absolute Gasteiger partial charge is 0.369 e. The zero-order valence-electron chi connectivity index (χ0n) is 16.4. The Kier molecular flexibility index (Phi) is 5.76. The number of aromatic nitrogens is 4. The van der Waals surface area contributed by atoms with Crippen LogP contribution in [0.4, 0.5) is 5.82 Å². The summed E-state index contributed by atoms with van der Waals surface area (Å²) in [5.41, 5.74) is 3.95. The first-order valence-electron chi connectivity index (χ1n) is 8.91. The maximum Gasteiger partial charge on any atom is 0.240 e. The fraction of sp³-hybridized carbons (Fsp3) is 0.316. The second-order valence-electron chi connectivity index (χ2n) is 6.62. The van der Waals surface area contributed by atoms with Crippen molar-refractivity contribution in [3.8, 4) is 5.82 Å². The molecule has 0 spiro atoms. The van der Waals surface area contributed by atoms with Crippen molar-refractivity contribution in [2.45, 2.75) is 32.6 Å². The first-order valence-corrected chi connectivity index (χ1v) is 10.4. The van der Waals surface area contributed by atoms with Gasteiger partial charge < -0.3 is 5.32 Å². The summed E-state index contributed by atoms with van der Waals surface area (Å²) in [4.78, 5) is 13.0. The van der Waals surface area contributed by atoms with Crippen LogP contribution in [-0.2, 0) is 10.0 Å². The SMILES string of the molecule is Cc1ccc(S(=O)(=O)NCCNc2cc(-n3cnc(C)c3C)ncn2)cc1C. The molecule has 8 nitrogen and oxygen atoms in total. The zero-order valence-corrected chi connectivity index (χ0v) is 17.2. The van der Waals surface area contributed by atoms with Crippen molar-refractivity contribution in [2.24, 2.45) is 0 Å². The summed E-state index contributed by atoms with van der Waals surface area (Å²) in [5.74, 6) is 1.31. The molecule has 0 aliphatic heterocycles. The van der Waals surface area contributed by atoms with Gasteiger partial charge in [-0.3, -0.25) is 4.57 Å². The Morgan fingerprint density at radius 1 is 0.964 bits per heavy atom. The summed E-state index contributed by atoms with van der Waals surface area (Å²) in [6.07, 6.45) is 3.18. The van der Waals surface area contributed by atoms with Gasteiger partial charge >= 0.3 is 0 Å². The van der Waals surface area contributed by atoms with Gasteiger partial charge in [-0.05, 0) is 51.0 Å². The van der Waals surface area contributed by atoms with E-state index in [0.717, 1.165) is 22.5 Å². The van der Waals surface area contributed by atoms with Gasteiger partial charge in [0.15, 0.2) is 0 Å². The molecule has 2 aromatic heterocycles. The van der Waals surface area contributed by atoms with E-state index < -0.39 is 10.0 Å². The number of aryl methyl sites for hydroxylation is 3. The Bertz CT molecular complexity index is 1090. The Labute approximate surface area is 165 Å². The third kappa shape index (κ3) is 4.37. The van der Waals surface area contributed by atoms with Gasteiger partial charge in [0.25, 0.3) is 0 Å². The number of nitrogens with zero attached hydrogens (tertiary/aromatic N) is 4. The van der Waals surface area contributed by atoms with E-state index in [1.807, 2.05) is 38.3 Å². The highest BCUT2D eigenvalue weighted by Crippen LogP contribution is 2.15. The monoisotopic (exact) mass is 400 g/mol. The molecule has 0 aliphatic rings. The number of anilines is 1. The Morgan fingerprint density at radius 2 is 1.75 bits per heavy atom. The molecule has 28 heavy (non-hydrogen) atoms. The fourth-order valence-corrected chi connectivity index (χ4v) is 3.76. The van der Waals surface area contributed by atoms with Gasteiger partial charge in [0.1, 0.15) is 24.3 Å². The minimum Gasteiger partial charge on any atom is -0.369 e. The van der Waals surface area contributed by atoms with Crippen LogP contribution in [0.5, 0.6) is 0 Å². The summed E-state index contributed by atoms with van der Waals surface area (Å²) in [5, 5.41) is 3.11. The molecule has 2 heterocycles. The fourth-order valence-electron chi connectivity index (χ4n) is 2.65. The van der Waals surface area contributed by atoms with Crippen molar-refractivity contribution in [2.75, 3.05) is 18.4 Å². The number of imidazole rings is 1. The quantitative estimate of drug-likeness (QED) is 0.590. The molecule has 0 saturated carbocycles. The first-order chi connectivity index (χ1) is 13.3. The Balaban J connectivity index is 1.60. The van der Waals surface area contributed by atoms with Crippen LogP contribution in [-0.4, -0.2) is 41.0 Å². The van der Waals surface area contributed by atoms with E-state index in [0.29, 0.717) is 18.2 Å². The molecule has 2 N–H and O–H groups in total. The van der Waals surface area contributed by atoms with Gasteiger partial charge in [-0.2, -0.15) is 0 Å². The lowest BCUT2D eigenvalue weighted by molar-refractivity contribution is 0.582. The number of rotatable bonds is 7. The molecule has 0 saturated heterocycles. The van der Waals surface area contributed by atoms with Gasteiger partial charge in [0, 0.05) is 24.8 Å². The van der Waals surface area contributed by atoms with Gasteiger partial charge in [0.2, 0.25) is 10.0 Å². The number of hydrogen-bond acceptors (Lipinski definition) is 6. The lowest BCUT2D eigenvalue weighted by Gasteiger charge is -2.10. The predicted molar refractivity (Wildman–Crippen MR) is 108 cm³/mol. The predicted octanol–water partition coefficient (Wildman–Crippen LogP) is 2.29. The summed E-state index contributed by atoms with van der Waals surface area (Å²) >= 11 is 0. The maximum absolute atomic E-state index is 12.4. The number of nitrogens with one attached hydrogen (secondary N) is 2. The Morgan fingerprint density at radius 3 is 2.43 bits per heavy atom. The molecule has 0 unspecified atom stereocenters. The van der Waals surface area contributed by atoms with Crippen molar-refractivity contribution < 1.29 is 8.42 Å². The van der Waals surface area contributed by atoms with Crippen LogP contribution in [0, 0.1) is 27.7 Å². The van der Waals surface area contributed by atoms with Crippen molar-refractivity contribution in [3.63, 3.8) is 0 Å². The lowest BCUT2D eigenvalue weighted by atomic mass is 10.1. The van der Waals surface area contributed by atoms with Gasteiger partial charge in [-0.25, -0.2) is 28.1 Å². The van der Waals surface area contributed by atoms with E-state index in [9.17, 15) is 8.42 Å². The molecule has 9 heteroatoms. The normalized spacial score (nSPS) is 11.6. The smallest absolute Gasteiger partial charge is 0.240 e. The number of benzene rings is 1. The third-order valence-corrected chi connectivity index (χ3v) is 6.12. The van der Waals surface area contributed by atoms with Gasteiger partial charge in [-0.1, -0.05) is 6.07 Å². The number of hydrogen-bond donors (Lipinski definition) is 2. The van der Waals surface area contributed by atoms with Crippen LogP contribution in [0.2, 0.25) is 0 Å². The van der Waals surface area contributed by atoms with Crippen LogP contribution in [0.25, 0.3) is 5.82 Å². The van der Waals surface area contributed by atoms with Crippen LogP contribution in [0.3, 0.4) is 0 Å². The highest BCUT2D eigenvalue weighted by molar-refractivity contribution is 7.89. The lowest BCUT2D eigenvalue weighted by Crippen LogP contribution is -2.29. The molecule has 0 fully saturated rings. The molecular weight excluding hydrogens is 376 g/mol. The van der Waals surface area contributed by atoms with Crippen molar-refractivity contribution in [1.82, 2.24) is 24.2 Å². The first kappa shape index (κ1) is 20.0. The molecule has 0 radical (unpaired) electrons. The Hall–Kier alpha value is -2.78. The van der Waals surface area contributed by atoms with Crippen LogP contribution in [0.15, 0.2) is 41.8 Å². The van der Waals surface area contributed by atoms with E-state index in [-0.39, 0.29) is 11.4 Å². The van der Waals surface area contributed by atoms with Crippen LogP contribution >= 0.6 is 0 Å². The average molecular weight is 401 g/mol. The third-order valence-electron chi connectivity index (χ3n) is 4.66. The second-order valence-corrected chi connectivity index (χ2v) is 8.38. The molecular formula is C19H24N6O2S. The molecule has 0 atom stereocenters. The highest BCUT2D eigenvalue weighted by atomic mass is 32.2. The van der Waals surface area contributed by atoms with E-state index >= 15 is 0 Å². The van der Waals surface area contributed by atoms with Gasteiger partial charge in [-0.15, -0.1) is 0 Å². The van der Waals surface area contributed by atoms with E-state index in [1.165, 1.54) is 6.33 Å². The van der Waals surface area contributed by atoms with E-state index in [2.05, 4.69) is 25.0 Å². The molecule has 0 amide bonds. The maximum atomic E-state index is 12.4. The van der Waals surface area contributed by atoms with Crippen LogP contribution in [0.1, 0.15) is 22.5 Å². The summed E-state index contributed by atoms with van der Waals surface area (Å²) in [6.45, 7) is 8.38. The molecule has 1 aromatic carbocycles. The summed E-state index contributed by atoms with van der Waals surface area (Å²) in [7, 11) is -3.54. The molecule has 3 rings (SSSR count). The van der Waals surface area contributed by atoms with Crippen molar-refractivity contribution >= 4 is 15.8 Å². The second kappa shape index (κ2) is 8.07. The molecule has 0 bridgehead atoms. The zero-order chi connectivity index (χ0) is 20.3. The van der Waals surface area contributed by atoms with Crippen LogP contribution < -0.4 is 10.0 Å². The van der Waals surface area contributed by atoms with Gasteiger partial charge in [0.05, 0.1) is 10.6 Å². The topological polar surface area (TPSA) is 102 Å². The molecule has 148 valence electrons. The standard InChI is InChI=1S/C19H24N6O2S/c1-13-5-6-17(9-14(13)2)28(26,27)24-8-7-20-18-10-19(22-11-21-18)25-12-23-15(3)16(25)4/h5-6,9-12,24H,7-8H2,1-4H3,(H,20,21,22). The van der Waals surface area contributed by atoms with Crippen molar-refractivity contribution in [3.05, 3.63) is 59.4 Å². The minimum absolute atomic E-state index is 0.234.